The Bertz CT molecular complexity index is 529. The SMILES string of the molecule is CN(Cc1ccc2c(c1)OCCO2)C(=O)NC[C@@H]1CCCO1. The maximum absolute atomic E-state index is 12.1. The lowest BCUT2D eigenvalue weighted by atomic mass is 10.2. The van der Waals surface area contributed by atoms with E-state index in [9.17, 15) is 4.79 Å². The summed E-state index contributed by atoms with van der Waals surface area (Å²) in [5.41, 5.74) is 1.01. The molecule has 0 bridgehead atoms. The predicted octanol–water partition coefficient (Wildman–Crippen LogP) is 1.78. The van der Waals surface area contributed by atoms with Crippen LogP contribution in [0.1, 0.15) is 18.4 Å². The summed E-state index contributed by atoms with van der Waals surface area (Å²) in [6.07, 6.45) is 2.26. The summed E-state index contributed by atoms with van der Waals surface area (Å²) in [6, 6.07) is 5.68. The van der Waals surface area contributed by atoms with Crippen LogP contribution in [0, 0.1) is 0 Å². The number of nitrogens with one attached hydrogen (secondary N) is 1. The van der Waals surface area contributed by atoms with E-state index in [1.807, 2.05) is 18.2 Å². The molecule has 1 N–H and O–H groups in total. The molecule has 0 saturated carbocycles. The molecule has 0 aliphatic carbocycles. The topological polar surface area (TPSA) is 60.0 Å². The Morgan fingerprint density at radius 2 is 2.09 bits per heavy atom. The first-order chi connectivity index (χ1) is 10.7. The zero-order valence-electron chi connectivity index (χ0n) is 12.8. The minimum absolute atomic E-state index is 0.0922. The molecule has 1 fully saturated rings. The van der Waals surface area contributed by atoms with Crippen molar-refractivity contribution >= 4 is 6.03 Å². The van der Waals surface area contributed by atoms with E-state index < -0.39 is 0 Å². The Hall–Kier alpha value is -1.95. The highest BCUT2D eigenvalue weighted by Gasteiger charge is 2.18. The molecule has 0 unspecified atom stereocenters. The fourth-order valence-electron chi connectivity index (χ4n) is 2.67. The Morgan fingerprint density at radius 3 is 2.86 bits per heavy atom. The number of hydrogen-bond donors (Lipinski definition) is 1. The lowest BCUT2D eigenvalue weighted by Gasteiger charge is -2.22. The van der Waals surface area contributed by atoms with Gasteiger partial charge in [-0.2, -0.15) is 0 Å². The number of nitrogens with zero attached hydrogens (tertiary/aromatic N) is 1. The van der Waals surface area contributed by atoms with Crippen molar-refractivity contribution in [2.45, 2.75) is 25.5 Å². The van der Waals surface area contributed by atoms with Crippen LogP contribution in [-0.4, -0.2) is 50.4 Å². The van der Waals surface area contributed by atoms with Crippen LogP contribution >= 0.6 is 0 Å². The summed E-state index contributed by atoms with van der Waals surface area (Å²) in [7, 11) is 1.78. The van der Waals surface area contributed by atoms with Crippen molar-refractivity contribution in [3.05, 3.63) is 23.8 Å². The number of urea groups is 1. The van der Waals surface area contributed by atoms with Crippen LogP contribution in [0.2, 0.25) is 0 Å². The van der Waals surface area contributed by atoms with Gasteiger partial charge in [0.15, 0.2) is 11.5 Å². The van der Waals surface area contributed by atoms with E-state index in [2.05, 4.69) is 5.32 Å². The molecule has 2 aliphatic rings. The molecule has 1 saturated heterocycles. The van der Waals surface area contributed by atoms with Gasteiger partial charge in [-0.1, -0.05) is 6.07 Å². The molecule has 0 aromatic heterocycles. The summed E-state index contributed by atoms with van der Waals surface area (Å²) in [4.78, 5) is 13.7. The van der Waals surface area contributed by atoms with Gasteiger partial charge in [-0.05, 0) is 30.5 Å². The average molecular weight is 306 g/mol. The fraction of sp³-hybridized carbons (Fsp3) is 0.562. The number of fused-ring (bicyclic) bond motifs is 1. The van der Waals surface area contributed by atoms with Crippen LogP contribution in [0.25, 0.3) is 0 Å². The lowest BCUT2D eigenvalue weighted by molar-refractivity contribution is 0.109. The number of carbonyl (C=O) groups excluding carboxylic acids is 1. The number of benzene rings is 1. The van der Waals surface area contributed by atoms with Gasteiger partial charge in [-0.3, -0.25) is 0 Å². The van der Waals surface area contributed by atoms with Crippen LogP contribution in [-0.2, 0) is 11.3 Å². The molecule has 0 spiro atoms. The molecule has 6 nitrogen and oxygen atoms in total. The third-order valence-corrected chi connectivity index (χ3v) is 3.88. The second-order valence-electron chi connectivity index (χ2n) is 5.66. The molecule has 2 amide bonds. The highest BCUT2D eigenvalue weighted by molar-refractivity contribution is 5.73. The first-order valence-corrected chi connectivity index (χ1v) is 7.71. The van der Waals surface area contributed by atoms with E-state index in [4.69, 9.17) is 14.2 Å². The Morgan fingerprint density at radius 1 is 1.27 bits per heavy atom. The van der Waals surface area contributed by atoms with Gasteiger partial charge in [0.2, 0.25) is 0 Å². The van der Waals surface area contributed by atoms with Gasteiger partial charge >= 0.3 is 6.03 Å². The minimum atomic E-state index is -0.0922. The lowest BCUT2D eigenvalue weighted by Crippen LogP contribution is -2.40. The van der Waals surface area contributed by atoms with E-state index in [1.54, 1.807) is 11.9 Å². The molecule has 1 atom stereocenters. The van der Waals surface area contributed by atoms with Gasteiger partial charge in [0.1, 0.15) is 13.2 Å². The molecule has 6 heteroatoms. The van der Waals surface area contributed by atoms with Crippen molar-refractivity contribution in [3.63, 3.8) is 0 Å². The van der Waals surface area contributed by atoms with Gasteiger partial charge in [0, 0.05) is 26.7 Å². The number of rotatable bonds is 4. The molecule has 3 rings (SSSR count). The fourth-order valence-corrected chi connectivity index (χ4v) is 2.67. The molecule has 2 heterocycles. The highest BCUT2D eigenvalue weighted by atomic mass is 16.6. The van der Waals surface area contributed by atoms with E-state index in [-0.39, 0.29) is 12.1 Å². The van der Waals surface area contributed by atoms with Crippen LogP contribution in [0.4, 0.5) is 4.79 Å². The average Bonchev–Trinajstić information content (AvgIpc) is 3.06. The Labute approximate surface area is 130 Å². The zero-order valence-corrected chi connectivity index (χ0v) is 12.8. The number of hydrogen-bond acceptors (Lipinski definition) is 4. The third kappa shape index (κ3) is 3.62. The molecular formula is C16H22N2O4. The number of carbonyl (C=O) groups is 1. The highest BCUT2D eigenvalue weighted by Crippen LogP contribution is 2.31. The van der Waals surface area contributed by atoms with Crippen LogP contribution in [0.15, 0.2) is 18.2 Å². The first kappa shape index (κ1) is 15.0. The molecule has 22 heavy (non-hydrogen) atoms. The van der Waals surface area contributed by atoms with Crippen LogP contribution in [0.5, 0.6) is 11.5 Å². The number of ether oxygens (including phenoxy) is 3. The predicted molar refractivity (Wildman–Crippen MR) is 81.3 cm³/mol. The van der Waals surface area contributed by atoms with Crippen molar-refractivity contribution in [1.82, 2.24) is 10.2 Å². The van der Waals surface area contributed by atoms with E-state index >= 15 is 0 Å². The van der Waals surface area contributed by atoms with E-state index in [0.717, 1.165) is 36.5 Å². The van der Waals surface area contributed by atoms with E-state index in [1.165, 1.54) is 0 Å². The summed E-state index contributed by atoms with van der Waals surface area (Å²) < 4.78 is 16.6. The summed E-state index contributed by atoms with van der Waals surface area (Å²) in [5.74, 6) is 1.51. The quantitative estimate of drug-likeness (QED) is 0.921. The van der Waals surface area contributed by atoms with Gasteiger partial charge < -0.3 is 24.4 Å². The molecular weight excluding hydrogens is 284 g/mol. The van der Waals surface area contributed by atoms with Crippen LogP contribution in [0.3, 0.4) is 0 Å². The Kier molecular flexibility index (Phi) is 4.68. The molecule has 0 radical (unpaired) electrons. The normalized spacial score (nSPS) is 19.8. The molecule has 1 aromatic carbocycles. The number of amides is 2. The van der Waals surface area contributed by atoms with Gasteiger partial charge in [0.25, 0.3) is 0 Å². The van der Waals surface area contributed by atoms with Crippen molar-refractivity contribution in [2.75, 3.05) is 33.4 Å². The monoisotopic (exact) mass is 306 g/mol. The maximum atomic E-state index is 12.1. The van der Waals surface area contributed by atoms with Crippen LogP contribution < -0.4 is 14.8 Å². The zero-order chi connectivity index (χ0) is 15.4. The summed E-state index contributed by atoms with van der Waals surface area (Å²) in [5, 5.41) is 2.91. The Balaban J connectivity index is 1.51. The van der Waals surface area contributed by atoms with Crippen molar-refractivity contribution in [3.8, 4) is 11.5 Å². The maximum Gasteiger partial charge on any atom is 0.317 e. The standard InChI is InChI=1S/C16H22N2O4/c1-18(16(19)17-10-13-3-2-6-20-13)11-12-4-5-14-15(9-12)22-8-7-21-14/h4-5,9,13H,2-3,6-8,10-11H2,1H3,(H,17,19)/t13-/m0/s1. The van der Waals surface area contributed by atoms with Crippen molar-refractivity contribution in [2.24, 2.45) is 0 Å². The van der Waals surface area contributed by atoms with Crippen molar-refractivity contribution < 1.29 is 19.0 Å². The summed E-state index contributed by atoms with van der Waals surface area (Å²) >= 11 is 0. The van der Waals surface area contributed by atoms with Gasteiger partial charge in [-0.15, -0.1) is 0 Å². The third-order valence-electron chi connectivity index (χ3n) is 3.88. The van der Waals surface area contributed by atoms with Gasteiger partial charge in [0.05, 0.1) is 6.10 Å². The van der Waals surface area contributed by atoms with E-state index in [0.29, 0.717) is 26.3 Å². The molecule has 120 valence electrons. The first-order valence-electron chi connectivity index (χ1n) is 7.71. The molecule has 2 aliphatic heterocycles. The summed E-state index contributed by atoms with van der Waals surface area (Å²) in [6.45, 7) is 3.04. The second kappa shape index (κ2) is 6.87. The largest absolute Gasteiger partial charge is 0.486 e. The second-order valence-corrected chi connectivity index (χ2v) is 5.66. The minimum Gasteiger partial charge on any atom is -0.486 e. The molecule has 1 aromatic rings. The van der Waals surface area contributed by atoms with Gasteiger partial charge in [-0.25, -0.2) is 4.79 Å². The smallest absolute Gasteiger partial charge is 0.317 e. The van der Waals surface area contributed by atoms with Crippen molar-refractivity contribution in [1.29, 1.82) is 0 Å².